The molecule has 1 aromatic carbocycles. The van der Waals surface area contributed by atoms with E-state index < -0.39 is 0 Å². The summed E-state index contributed by atoms with van der Waals surface area (Å²) in [4.78, 5) is 8.67. The highest BCUT2D eigenvalue weighted by Crippen LogP contribution is 2.33. The number of benzene rings is 1. The third-order valence-electron chi connectivity index (χ3n) is 6.06. The summed E-state index contributed by atoms with van der Waals surface area (Å²) in [5.74, 6) is 0.863. The van der Waals surface area contributed by atoms with Crippen LogP contribution in [0, 0.1) is 0 Å². The summed E-state index contributed by atoms with van der Waals surface area (Å²) in [5.41, 5.74) is 6.47. The summed E-state index contributed by atoms with van der Waals surface area (Å²) in [7, 11) is 0. The molecule has 0 amide bonds. The summed E-state index contributed by atoms with van der Waals surface area (Å²) in [6, 6.07) is 8.44. The summed E-state index contributed by atoms with van der Waals surface area (Å²) in [6.45, 7) is 8.84. The smallest absolute Gasteiger partial charge is 0.138 e. The molecule has 0 bridgehead atoms. The molecule has 2 aliphatic rings. The molecule has 0 spiro atoms. The second-order valence-electron chi connectivity index (χ2n) is 8.49. The van der Waals surface area contributed by atoms with Crippen LogP contribution >= 0.6 is 0 Å². The van der Waals surface area contributed by atoms with Gasteiger partial charge in [0.2, 0.25) is 0 Å². The Hall–Kier alpha value is -2.99. The van der Waals surface area contributed by atoms with Gasteiger partial charge in [0.25, 0.3) is 0 Å². The average molecular weight is 473 g/mol. The van der Waals surface area contributed by atoms with Crippen molar-refractivity contribution in [2.75, 3.05) is 26.4 Å². The van der Waals surface area contributed by atoms with E-state index in [0.717, 1.165) is 58.9 Å². The lowest BCUT2D eigenvalue weighted by Gasteiger charge is -2.18. The highest BCUT2D eigenvalue weighted by atomic mass is 16.5. The molecule has 35 heavy (non-hydrogen) atoms. The number of nitrogens with zero attached hydrogens (tertiary/aromatic N) is 1. The van der Waals surface area contributed by atoms with Crippen molar-refractivity contribution in [3.05, 3.63) is 83.7 Å². The first-order valence-electron chi connectivity index (χ1n) is 12.7. The molecule has 2 aliphatic carbocycles. The van der Waals surface area contributed by atoms with Crippen LogP contribution < -0.4 is 0 Å². The molecule has 2 aromatic rings. The molecule has 0 radical (unpaired) electrons. The first-order valence-corrected chi connectivity index (χ1v) is 12.7. The van der Waals surface area contributed by atoms with Gasteiger partial charge in [-0.15, -0.1) is 0 Å². The summed E-state index contributed by atoms with van der Waals surface area (Å²) in [6.07, 6.45) is 19.1. The van der Waals surface area contributed by atoms with E-state index in [1.54, 1.807) is 0 Å². The SMILES string of the molecule is CCOC/C=C/c1ccc(-c2nc(C3=CCC(OCC)C=C3)c(C3=CCC(OCC)C=C3)[nH]2)cc1. The van der Waals surface area contributed by atoms with E-state index in [2.05, 4.69) is 71.8 Å². The van der Waals surface area contributed by atoms with Crippen molar-refractivity contribution >= 4 is 17.2 Å². The lowest BCUT2D eigenvalue weighted by Crippen LogP contribution is -2.12. The Morgan fingerprint density at radius 2 is 1.54 bits per heavy atom. The molecule has 0 aliphatic heterocycles. The summed E-state index contributed by atoms with van der Waals surface area (Å²) < 4.78 is 16.9. The van der Waals surface area contributed by atoms with Crippen LogP contribution in [0.3, 0.4) is 0 Å². The number of hydrogen-bond acceptors (Lipinski definition) is 4. The van der Waals surface area contributed by atoms with Gasteiger partial charge in [-0.05, 0) is 50.3 Å². The van der Waals surface area contributed by atoms with E-state index in [1.807, 2.05) is 26.8 Å². The molecule has 5 nitrogen and oxygen atoms in total. The van der Waals surface area contributed by atoms with Gasteiger partial charge < -0.3 is 19.2 Å². The molecule has 5 heteroatoms. The standard InChI is InChI=1S/C30H36N2O3/c1-4-33-21-7-8-22-9-11-25(12-10-22)30-31-28(23-13-17-26(18-14-23)34-5-2)29(32-30)24-15-19-27(20-16-24)35-6-3/h7-17,19,26-27H,4-6,18,20-21H2,1-3H3,(H,31,32)/b8-7+. The number of allylic oxidation sites excluding steroid dienone is 4. The zero-order valence-corrected chi connectivity index (χ0v) is 21.0. The van der Waals surface area contributed by atoms with Crippen molar-refractivity contribution in [1.82, 2.24) is 9.97 Å². The fourth-order valence-electron chi connectivity index (χ4n) is 4.29. The van der Waals surface area contributed by atoms with E-state index in [0.29, 0.717) is 19.8 Å². The molecule has 1 aromatic heterocycles. The molecular weight excluding hydrogens is 436 g/mol. The van der Waals surface area contributed by atoms with Gasteiger partial charge in [-0.3, -0.25) is 0 Å². The largest absolute Gasteiger partial charge is 0.378 e. The van der Waals surface area contributed by atoms with E-state index >= 15 is 0 Å². The van der Waals surface area contributed by atoms with Gasteiger partial charge in [0.05, 0.1) is 30.2 Å². The lowest BCUT2D eigenvalue weighted by atomic mass is 9.96. The van der Waals surface area contributed by atoms with E-state index in [9.17, 15) is 0 Å². The second-order valence-corrected chi connectivity index (χ2v) is 8.49. The first kappa shape index (κ1) is 25.1. The molecule has 0 fully saturated rings. The number of aromatic amines is 1. The molecular formula is C30H36N2O3. The zero-order valence-electron chi connectivity index (χ0n) is 21.0. The van der Waals surface area contributed by atoms with Gasteiger partial charge in [-0.1, -0.05) is 72.9 Å². The summed E-state index contributed by atoms with van der Waals surface area (Å²) in [5, 5.41) is 0. The van der Waals surface area contributed by atoms with Gasteiger partial charge in [-0.2, -0.15) is 0 Å². The Morgan fingerprint density at radius 3 is 2.11 bits per heavy atom. The van der Waals surface area contributed by atoms with Crippen molar-refractivity contribution in [3.8, 4) is 11.4 Å². The van der Waals surface area contributed by atoms with Crippen LogP contribution in [0.25, 0.3) is 28.6 Å². The topological polar surface area (TPSA) is 56.4 Å². The van der Waals surface area contributed by atoms with Gasteiger partial charge in [-0.25, -0.2) is 4.98 Å². The van der Waals surface area contributed by atoms with Crippen LogP contribution in [-0.2, 0) is 14.2 Å². The highest BCUT2D eigenvalue weighted by molar-refractivity contribution is 5.86. The fraction of sp³-hybridized carbons (Fsp3) is 0.367. The maximum atomic E-state index is 5.77. The minimum Gasteiger partial charge on any atom is -0.378 e. The van der Waals surface area contributed by atoms with Crippen LogP contribution in [0.15, 0.2) is 66.8 Å². The van der Waals surface area contributed by atoms with E-state index in [4.69, 9.17) is 19.2 Å². The molecule has 184 valence electrons. The molecule has 0 saturated carbocycles. The normalized spacial score (nSPS) is 19.9. The quantitative estimate of drug-likeness (QED) is 0.373. The monoisotopic (exact) mass is 472 g/mol. The Labute approximate surface area is 208 Å². The van der Waals surface area contributed by atoms with Crippen molar-refractivity contribution in [1.29, 1.82) is 0 Å². The van der Waals surface area contributed by atoms with Gasteiger partial charge in [0, 0.05) is 25.4 Å². The lowest BCUT2D eigenvalue weighted by molar-refractivity contribution is 0.0978. The predicted octanol–water partition coefficient (Wildman–Crippen LogP) is 6.62. The molecule has 1 heterocycles. The Morgan fingerprint density at radius 1 is 0.886 bits per heavy atom. The van der Waals surface area contributed by atoms with E-state index in [-0.39, 0.29) is 12.2 Å². The minimum atomic E-state index is 0.134. The van der Waals surface area contributed by atoms with Crippen molar-refractivity contribution in [2.45, 2.75) is 45.8 Å². The average Bonchev–Trinajstić information content (AvgIpc) is 3.34. The molecule has 2 unspecified atom stereocenters. The Kier molecular flexibility index (Phi) is 9.07. The first-order chi connectivity index (χ1) is 17.2. The fourth-order valence-corrected chi connectivity index (χ4v) is 4.29. The van der Waals surface area contributed by atoms with Crippen molar-refractivity contribution in [3.63, 3.8) is 0 Å². The third kappa shape index (κ3) is 6.57. The number of aromatic nitrogens is 2. The van der Waals surface area contributed by atoms with Crippen LogP contribution in [0.4, 0.5) is 0 Å². The molecule has 0 saturated heterocycles. The number of nitrogens with one attached hydrogen (secondary N) is 1. The molecule has 2 atom stereocenters. The molecule has 4 rings (SSSR count). The van der Waals surface area contributed by atoms with Crippen molar-refractivity contribution in [2.24, 2.45) is 0 Å². The number of ether oxygens (including phenoxy) is 3. The second kappa shape index (κ2) is 12.6. The van der Waals surface area contributed by atoms with Crippen LogP contribution in [0.5, 0.6) is 0 Å². The Balaban J connectivity index is 1.61. The summed E-state index contributed by atoms with van der Waals surface area (Å²) >= 11 is 0. The number of hydrogen-bond donors (Lipinski definition) is 1. The maximum absolute atomic E-state index is 5.77. The van der Waals surface area contributed by atoms with Gasteiger partial charge in [0.1, 0.15) is 5.82 Å². The third-order valence-corrected chi connectivity index (χ3v) is 6.06. The van der Waals surface area contributed by atoms with Crippen LogP contribution in [0.2, 0.25) is 0 Å². The van der Waals surface area contributed by atoms with Crippen molar-refractivity contribution < 1.29 is 14.2 Å². The van der Waals surface area contributed by atoms with Gasteiger partial charge in [0.15, 0.2) is 0 Å². The van der Waals surface area contributed by atoms with Crippen LogP contribution in [-0.4, -0.2) is 48.6 Å². The van der Waals surface area contributed by atoms with E-state index in [1.165, 1.54) is 0 Å². The number of H-pyrrole nitrogens is 1. The minimum absolute atomic E-state index is 0.134. The number of rotatable bonds is 11. The van der Waals surface area contributed by atoms with Gasteiger partial charge >= 0.3 is 0 Å². The highest BCUT2D eigenvalue weighted by Gasteiger charge is 2.20. The maximum Gasteiger partial charge on any atom is 0.138 e. The Bertz CT molecular complexity index is 1060. The predicted molar refractivity (Wildman–Crippen MR) is 144 cm³/mol. The van der Waals surface area contributed by atoms with Crippen LogP contribution in [0.1, 0.15) is 50.6 Å². The molecule has 1 N–H and O–H groups in total. The number of imidazole rings is 1. The zero-order chi connectivity index (χ0) is 24.5.